The quantitative estimate of drug-likeness (QED) is 0.603. The van der Waals surface area contributed by atoms with E-state index in [9.17, 15) is 9.59 Å². The van der Waals surface area contributed by atoms with E-state index in [1.54, 1.807) is 23.5 Å². The molecule has 1 N–H and O–H groups in total. The fourth-order valence-corrected chi connectivity index (χ4v) is 5.25. The minimum Gasteiger partial charge on any atom is -0.462 e. The lowest BCUT2D eigenvalue weighted by Gasteiger charge is -2.36. The van der Waals surface area contributed by atoms with Gasteiger partial charge in [-0.3, -0.25) is 4.79 Å². The minimum atomic E-state index is -0.445. The molecule has 2 aliphatic rings. The molecule has 2 heterocycles. The van der Waals surface area contributed by atoms with Crippen molar-refractivity contribution in [3.8, 4) is 0 Å². The van der Waals surface area contributed by atoms with Gasteiger partial charge in [-0.25, -0.2) is 4.79 Å². The van der Waals surface area contributed by atoms with Gasteiger partial charge in [-0.2, -0.15) is 0 Å². The maximum atomic E-state index is 13.4. The first-order valence-corrected chi connectivity index (χ1v) is 11.4. The van der Waals surface area contributed by atoms with Gasteiger partial charge in [-0.1, -0.05) is 36.7 Å². The highest BCUT2D eigenvalue weighted by Crippen LogP contribution is 2.46. The molecule has 4 nitrogen and oxygen atoms in total. The molecule has 1 aromatic carbocycles. The third kappa shape index (κ3) is 3.96. The van der Waals surface area contributed by atoms with E-state index in [0.29, 0.717) is 29.2 Å². The summed E-state index contributed by atoms with van der Waals surface area (Å²) in [4.78, 5) is 27.6. The lowest BCUT2D eigenvalue weighted by atomic mass is 9.72. The van der Waals surface area contributed by atoms with Crippen LogP contribution in [0.4, 0.5) is 0 Å². The average molecular weight is 442 g/mol. The summed E-state index contributed by atoms with van der Waals surface area (Å²) < 4.78 is 5.48. The molecule has 0 unspecified atom stereocenters. The third-order valence-electron chi connectivity index (χ3n) is 5.63. The predicted molar refractivity (Wildman–Crippen MR) is 120 cm³/mol. The van der Waals surface area contributed by atoms with Crippen LogP contribution in [0.3, 0.4) is 0 Å². The molecule has 2 aromatic rings. The van der Waals surface area contributed by atoms with E-state index in [0.717, 1.165) is 29.8 Å². The van der Waals surface area contributed by atoms with Gasteiger partial charge in [0.2, 0.25) is 0 Å². The number of benzene rings is 1. The number of nitrogens with one attached hydrogen (secondary N) is 1. The Hall–Kier alpha value is -2.37. The van der Waals surface area contributed by atoms with Crippen LogP contribution in [-0.4, -0.2) is 18.4 Å². The number of allylic oxidation sites excluding steroid dienone is 3. The number of ketones is 1. The Morgan fingerprint density at radius 3 is 2.67 bits per heavy atom. The molecule has 0 saturated heterocycles. The molecule has 0 radical (unpaired) electrons. The molecule has 0 spiro atoms. The molecule has 0 amide bonds. The van der Waals surface area contributed by atoms with Crippen molar-refractivity contribution < 1.29 is 14.3 Å². The number of Topliss-reactive ketones (excluding diaryl/α,β-unsaturated/α-hetero) is 1. The van der Waals surface area contributed by atoms with Crippen molar-refractivity contribution in [3.63, 3.8) is 0 Å². The standard InChI is InChI=1S/C24H24ClNO3S/c1-3-10-29-24(28)21-14(2)26-18-12-16(20-5-4-11-30-20)13-19(27)23(18)22(21)15-6-8-17(25)9-7-15/h4-9,11,16,22,26H,3,10,12-13H2,1-2H3/t16-,22-/m0/s1. The molecule has 1 aromatic heterocycles. The molecule has 156 valence electrons. The number of rotatable bonds is 5. The van der Waals surface area contributed by atoms with Crippen LogP contribution in [-0.2, 0) is 14.3 Å². The molecular weight excluding hydrogens is 418 g/mol. The normalized spacial score (nSPS) is 21.4. The van der Waals surface area contributed by atoms with Crippen LogP contribution in [0.25, 0.3) is 0 Å². The van der Waals surface area contributed by atoms with Gasteiger partial charge >= 0.3 is 5.97 Å². The Morgan fingerprint density at radius 1 is 1.23 bits per heavy atom. The summed E-state index contributed by atoms with van der Waals surface area (Å²) in [5.74, 6) is -0.576. The lowest BCUT2D eigenvalue weighted by molar-refractivity contribution is -0.139. The van der Waals surface area contributed by atoms with E-state index in [4.69, 9.17) is 16.3 Å². The number of hydrogen-bond donors (Lipinski definition) is 1. The second-order valence-corrected chi connectivity index (χ2v) is 9.14. The van der Waals surface area contributed by atoms with Crippen LogP contribution in [0, 0.1) is 0 Å². The van der Waals surface area contributed by atoms with Crippen molar-refractivity contribution >= 4 is 34.7 Å². The highest BCUT2D eigenvalue weighted by Gasteiger charge is 2.41. The zero-order chi connectivity index (χ0) is 21.3. The Balaban J connectivity index is 1.78. The molecule has 4 rings (SSSR count). The largest absolute Gasteiger partial charge is 0.462 e. The topological polar surface area (TPSA) is 55.4 Å². The minimum absolute atomic E-state index is 0.0791. The first kappa shape index (κ1) is 20.9. The van der Waals surface area contributed by atoms with Gasteiger partial charge in [-0.15, -0.1) is 11.3 Å². The molecule has 0 bridgehead atoms. The van der Waals surface area contributed by atoms with Crippen molar-refractivity contribution in [3.05, 3.63) is 79.8 Å². The highest BCUT2D eigenvalue weighted by atomic mass is 35.5. The maximum Gasteiger partial charge on any atom is 0.336 e. The van der Waals surface area contributed by atoms with E-state index in [2.05, 4.69) is 11.4 Å². The lowest BCUT2D eigenvalue weighted by Crippen LogP contribution is -2.36. The molecule has 1 aliphatic heterocycles. The first-order chi connectivity index (χ1) is 14.5. The van der Waals surface area contributed by atoms with Crippen LogP contribution in [0.1, 0.15) is 55.4 Å². The van der Waals surface area contributed by atoms with Gasteiger partial charge in [-0.05, 0) is 48.9 Å². The Bertz CT molecular complexity index is 1020. The Kier molecular flexibility index (Phi) is 6.11. The number of dihydropyridines is 1. The monoisotopic (exact) mass is 441 g/mol. The molecule has 0 saturated carbocycles. The fourth-order valence-electron chi connectivity index (χ4n) is 4.30. The zero-order valence-electron chi connectivity index (χ0n) is 17.0. The van der Waals surface area contributed by atoms with Crippen molar-refractivity contribution in [1.82, 2.24) is 5.32 Å². The smallest absolute Gasteiger partial charge is 0.336 e. The van der Waals surface area contributed by atoms with Gasteiger partial charge in [0, 0.05) is 45.1 Å². The van der Waals surface area contributed by atoms with Gasteiger partial charge < -0.3 is 10.1 Å². The van der Waals surface area contributed by atoms with Crippen LogP contribution < -0.4 is 5.32 Å². The predicted octanol–water partition coefficient (Wildman–Crippen LogP) is 5.72. The van der Waals surface area contributed by atoms with Gasteiger partial charge in [0.1, 0.15) is 0 Å². The molecule has 30 heavy (non-hydrogen) atoms. The van der Waals surface area contributed by atoms with E-state index in [1.807, 2.05) is 37.4 Å². The number of thiophene rings is 1. The van der Waals surface area contributed by atoms with Gasteiger partial charge in [0.05, 0.1) is 12.2 Å². The summed E-state index contributed by atoms with van der Waals surface area (Å²) in [6, 6.07) is 11.5. The van der Waals surface area contributed by atoms with Crippen molar-refractivity contribution in [1.29, 1.82) is 0 Å². The summed E-state index contributed by atoms with van der Waals surface area (Å²) in [7, 11) is 0. The van der Waals surface area contributed by atoms with Crippen molar-refractivity contribution in [2.24, 2.45) is 0 Å². The summed E-state index contributed by atoms with van der Waals surface area (Å²) in [5.41, 5.74) is 3.72. The Labute approximate surface area is 185 Å². The summed E-state index contributed by atoms with van der Waals surface area (Å²) in [5, 5.41) is 6.03. The number of halogens is 1. The first-order valence-electron chi connectivity index (χ1n) is 10.2. The van der Waals surface area contributed by atoms with E-state index >= 15 is 0 Å². The van der Waals surface area contributed by atoms with E-state index in [-0.39, 0.29) is 17.7 Å². The SMILES string of the molecule is CCCOC(=O)C1=C(C)NC2=C(C(=O)C[C@@H](c3cccs3)C2)[C@H]1c1ccc(Cl)cc1. The van der Waals surface area contributed by atoms with Crippen LogP contribution in [0.5, 0.6) is 0 Å². The molecule has 6 heteroatoms. The molecule has 0 fully saturated rings. The maximum absolute atomic E-state index is 13.4. The summed E-state index contributed by atoms with van der Waals surface area (Å²) >= 11 is 7.78. The summed E-state index contributed by atoms with van der Waals surface area (Å²) in [6.07, 6.45) is 1.94. The second-order valence-electron chi connectivity index (χ2n) is 7.72. The molecule has 2 atom stereocenters. The zero-order valence-corrected chi connectivity index (χ0v) is 18.6. The van der Waals surface area contributed by atoms with Crippen LogP contribution in [0.2, 0.25) is 5.02 Å². The second kappa shape index (κ2) is 8.78. The van der Waals surface area contributed by atoms with Crippen molar-refractivity contribution in [2.75, 3.05) is 6.61 Å². The van der Waals surface area contributed by atoms with E-state index in [1.165, 1.54) is 4.88 Å². The van der Waals surface area contributed by atoms with E-state index < -0.39 is 5.92 Å². The number of hydrogen-bond acceptors (Lipinski definition) is 5. The van der Waals surface area contributed by atoms with Gasteiger partial charge in [0.25, 0.3) is 0 Å². The number of esters is 1. The van der Waals surface area contributed by atoms with Crippen LogP contribution in [0.15, 0.2) is 64.3 Å². The number of carbonyl (C=O) groups is 2. The van der Waals surface area contributed by atoms with Crippen LogP contribution >= 0.6 is 22.9 Å². The fraction of sp³-hybridized carbons (Fsp3) is 0.333. The van der Waals surface area contributed by atoms with Gasteiger partial charge in [0.15, 0.2) is 5.78 Å². The number of ether oxygens (including phenoxy) is 1. The Morgan fingerprint density at radius 2 is 2.00 bits per heavy atom. The van der Waals surface area contributed by atoms with Crippen molar-refractivity contribution in [2.45, 2.75) is 44.9 Å². The molecule has 1 aliphatic carbocycles. The highest BCUT2D eigenvalue weighted by molar-refractivity contribution is 7.10. The third-order valence-corrected chi connectivity index (χ3v) is 6.92. The average Bonchev–Trinajstić information content (AvgIpc) is 3.26. The summed E-state index contributed by atoms with van der Waals surface area (Å²) in [6.45, 7) is 4.19. The number of carbonyl (C=O) groups excluding carboxylic acids is 2. The molecular formula is C24H24ClNO3S.